The predicted molar refractivity (Wildman–Crippen MR) is 173 cm³/mol. The zero-order valence-corrected chi connectivity index (χ0v) is 25.1. The van der Waals surface area contributed by atoms with Gasteiger partial charge in [0.25, 0.3) is 0 Å². The number of para-hydroxylation sites is 1. The van der Waals surface area contributed by atoms with Gasteiger partial charge in [0, 0.05) is 45.8 Å². The maximum absolute atomic E-state index is 12.6. The molecule has 3 aromatic carbocycles. The molecule has 2 heterocycles. The Bertz CT molecular complexity index is 2260. The standard InChI is InChI=1S/C34H24ClN3O8/c1-44-33(42)17-6-8-18(32(40)41)20(12-17)29-19-9-10-24(36)22(31(19)46-28-14-27(39)23(35)13-21(28)29)15-37-25-5-3-4-16-7-11-26(34(43)45-2)38-30(16)25/h3-14,37H,15,36H2,1-2H3,(H,40,41). The lowest BCUT2D eigenvalue weighted by molar-refractivity contribution is 0.0588. The van der Waals surface area contributed by atoms with Gasteiger partial charge >= 0.3 is 17.9 Å². The lowest BCUT2D eigenvalue weighted by Gasteiger charge is -2.20. The quantitative estimate of drug-likeness (QED) is 0.103. The van der Waals surface area contributed by atoms with Crippen molar-refractivity contribution in [1.29, 1.82) is 0 Å². The largest absolute Gasteiger partial charge is 0.478 e. The van der Waals surface area contributed by atoms with Gasteiger partial charge < -0.3 is 30.0 Å². The molecule has 2 aliphatic rings. The maximum atomic E-state index is 12.6. The van der Waals surface area contributed by atoms with E-state index < -0.39 is 23.3 Å². The number of hydrogen-bond acceptors (Lipinski definition) is 10. The SMILES string of the molecule is COC(=O)c1ccc(C(=O)O)c(-c2c3cc(Cl)c(=O)cc-3oc3c(CNc4cccc5ccc(C(=O)OC)nc45)c(N)ccc23)c1. The summed E-state index contributed by atoms with van der Waals surface area (Å²) in [6.45, 7) is 0.104. The number of aromatic carboxylic acids is 1. The molecule has 0 saturated heterocycles. The van der Waals surface area contributed by atoms with E-state index in [9.17, 15) is 24.3 Å². The summed E-state index contributed by atoms with van der Waals surface area (Å²) in [6.07, 6.45) is 0. The number of carboxylic acids is 1. The van der Waals surface area contributed by atoms with Crippen molar-refractivity contribution in [1.82, 2.24) is 4.98 Å². The van der Waals surface area contributed by atoms with Crippen LogP contribution in [0.15, 0.2) is 82.0 Å². The number of nitrogens with zero attached hydrogens (tertiary/aromatic N) is 1. The molecule has 0 bridgehead atoms. The van der Waals surface area contributed by atoms with Gasteiger partial charge in [-0.05, 0) is 54.1 Å². The molecule has 1 aliphatic heterocycles. The van der Waals surface area contributed by atoms with Crippen molar-refractivity contribution >= 4 is 62.8 Å². The van der Waals surface area contributed by atoms with Gasteiger partial charge in [-0.2, -0.15) is 0 Å². The number of benzene rings is 4. The number of methoxy groups -OCH3 is 2. The number of ether oxygens (including phenoxy) is 2. The van der Waals surface area contributed by atoms with Gasteiger partial charge in [-0.25, -0.2) is 19.4 Å². The first-order valence-electron chi connectivity index (χ1n) is 13.8. The average Bonchev–Trinajstić information content (AvgIpc) is 3.06. The van der Waals surface area contributed by atoms with Crippen LogP contribution in [0.25, 0.3) is 44.3 Å². The van der Waals surface area contributed by atoms with Crippen molar-refractivity contribution in [3.8, 4) is 22.5 Å². The third-order valence-corrected chi connectivity index (χ3v) is 7.89. The minimum atomic E-state index is -1.24. The molecule has 0 atom stereocenters. The van der Waals surface area contributed by atoms with E-state index >= 15 is 0 Å². The third-order valence-electron chi connectivity index (χ3n) is 7.59. The van der Waals surface area contributed by atoms with Crippen molar-refractivity contribution in [2.45, 2.75) is 6.54 Å². The molecule has 46 heavy (non-hydrogen) atoms. The first-order chi connectivity index (χ1) is 22.1. The fraction of sp³-hybridized carbons (Fsp3) is 0.0882. The molecule has 12 heteroatoms. The van der Waals surface area contributed by atoms with Gasteiger partial charge in [-0.1, -0.05) is 29.8 Å². The minimum Gasteiger partial charge on any atom is -0.478 e. The third kappa shape index (κ3) is 5.22. The molecule has 230 valence electrons. The molecular weight excluding hydrogens is 614 g/mol. The number of carbonyl (C=O) groups excluding carboxylic acids is 2. The number of nitrogen functional groups attached to an aromatic ring is 1. The summed E-state index contributed by atoms with van der Waals surface area (Å²) >= 11 is 6.26. The topological polar surface area (TPSA) is 171 Å². The lowest BCUT2D eigenvalue weighted by atomic mass is 9.88. The van der Waals surface area contributed by atoms with Crippen molar-refractivity contribution in [2.24, 2.45) is 0 Å². The van der Waals surface area contributed by atoms with Crippen molar-refractivity contribution in [3.05, 3.63) is 110 Å². The van der Waals surface area contributed by atoms with E-state index in [0.29, 0.717) is 39.0 Å². The van der Waals surface area contributed by atoms with E-state index in [0.717, 1.165) is 5.39 Å². The normalized spacial score (nSPS) is 11.1. The molecule has 6 rings (SSSR count). The molecule has 4 aromatic rings. The number of carboxylic acid groups (broad SMARTS) is 1. The molecule has 1 aliphatic carbocycles. The van der Waals surface area contributed by atoms with E-state index in [2.05, 4.69) is 10.3 Å². The summed E-state index contributed by atoms with van der Waals surface area (Å²) in [4.78, 5) is 54.2. The summed E-state index contributed by atoms with van der Waals surface area (Å²) in [5.74, 6) is -2.37. The van der Waals surface area contributed by atoms with Crippen LogP contribution in [0.4, 0.5) is 11.4 Å². The maximum Gasteiger partial charge on any atom is 0.356 e. The van der Waals surface area contributed by atoms with Crippen LogP contribution in [0.2, 0.25) is 5.02 Å². The molecule has 0 amide bonds. The second-order valence-electron chi connectivity index (χ2n) is 10.2. The molecule has 0 unspecified atom stereocenters. The molecule has 4 N–H and O–H groups in total. The number of nitrogens with one attached hydrogen (secondary N) is 1. The van der Waals surface area contributed by atoms with Crippen LogP contribution in [0.3, 0.4) is 0 Å². The van der Waals surface area contributed by atoms with E-state index in [1.54, 1.807) is 30.3 Å². The summed E-state index contributed by atoms with van der Waals surface area (Å²) in [6, 6.07) is 18.8. The van der Waals surface area contributed by atoms with Crippen LogP contribution in [0.5, 0.6) is 0 Å². The smallest absolute Gasteiger partial charge is 0.356 e. The highest BCUT2D eigenvalue weighted by Crippen LogP contribution is 2.44. The molecule has 1 aromatic heterocycles. The Morgan fingerprint density at radius 2 is 1.74 bits per heavy atom. The summed E-state index contributed by atoms with van der Waals surface area (Å²) < 4.78 is 16.0. The van der Waals surface area contributed by atoms with Gasteiger partial charge in [0.1, 0.15) is 17.0 Å². The Kier molecular flexibility index (Phi) is 7.76. The Morgan fingerprint density at radius 3 is 2.48 bits per heavy atom. The second-order valence-corrected chi connectivity index (χ2v) is 10.6. The Morgan fingerprint density at radius 1 is 0.957 bits per heavy atom. The average molecular weight is 638 g/mol. The molecule has 0 fully saturated rings. The fourth-order valence-electron chi connectivity index (χ4n) is 5.37. The Labute approximate surface area is 265 Å². The van der Waals surface area contributed by atoms with Crippen LogP contribution >= 0.6 is 11.6 Å². The van der Waals surface area contributed by atoms with Crippen LogP contribution in [0.1, 0.15) is 36.8 Å². The van der Waals surface area contributed by atoms with Crippen molar-refractivity contribution in [3.63, 3.8) is 0 Å². The summed E-state index contributed by atoms with van der Waals surface area (Å²) in [5.41, 5.74) is 9.20. The second kappa shape index (κ2) is 11.9. The van der Waals surface area contributed by atoms with Gasteiger partial charge in [0.15, 0.2) is 0 Å². The van der Waals surface area contributed by atoms with E-state index in [4.69, 9.17) is 31.2 Å². The highest BCUT2D eigenvalue weighted by molar-refractivity contribution is 6.31. The number of nitrogens with two attached hydrogens (primary N) is 1. The minimum absolute atomic E-state index is 0.101. The fourth-order valence-corrected chi connectivity index (χ4v) is 5.54. The van der Waals surface area contributed by atoms with E-state index in [-0.39, 0.29) is 45.3 Å². The van der Waals surface area contributed by atoms with Gasteiger partial charge in [-0.15, -0.1) is 0 Å². The number of hydrogen-bond donors (Lipinski definition) is 3. The van der Waals surface area contributed by atoms with Crippen molar-refractivity contribution in [2.75, 3.05) is 25.3 Å². The number of rotatable bonds is 7. The summed E-state index contributed by atoms with van der Waals surface area (Å²) in [7, 11) is 2.50. The first-order valence-corrected chi connectivity index (χ1v) is 14.1. The molecule has 0 saturated carbocycles. The first kappa shape index (κ1) is 30.1. The molecule has 0 radical (unpaired) electrons. The number of anilines is 2. The van der Waals surface area contributed by atoms with Crippen LogP contribution in [-0.2, 0) is 16.0 Å². The highest BCUT2D eigenvalue weighted by atomic mass is 35.5. The van der Waals surface area contributed by atoms with Gasteiger partial charge in [0.2, 0.25) is 5.43 Å². The van der Waals surface area contributed by atoms with Crippen LogP contribution < -0.4 is 16.5 Å². The molecule has 11 nitrogen and oxygen atoms in total. The van der Waals surface area contributed by atoms with Gasteiger partial charge in [-0.3, -0.25) is 4.79 Å². The number of halogens is 1. The monoisotopic (exact) mass is 637 g/mol. The lowest BCUT2D eigenvalue weighted by Crippen LogP contribution is -2.09. The zero-order valence-electron chi connectivity index (χ0n) is 24.3. The Hall–Kier alpha value is -5.94. The van der Waals surface area contributed by atoms with E-state index in [1.807, 2.05) is 12.1 Å². The number of carbonyl (C=O) groups is 3. The number of esters is 2. The Balaban J connectivity index is 1.59. The number of fused-ring (bicyclic) bond motifs is 3. The molecule has 0 spiro atoms. The van der Waals surface area contributed by atoms with Gasteiger partial charge in [0.05, 0.1) is 41.6 Å². The van der Waals surface area contributed by atoms with Crippen molar-refractivity contribution < 1.29 is 33.4 Å². The zero-order chi connectivity index (χ0) is 32.7. The predicted octanol–water partition coefficient (Wildman–Crippen LogP) is 6.23. The highest BCUT2D eigenvalue weighted by Gasteiger charge is 2.26. The van der Waals surface area contributed by atoms with Crippen LogP contribution in [-0.4, -0.2) is 42.2 Å². The molecular formula is C34H24ClN3O8. The number of aromatic nitrogens is 1. The number of pyridine rings is 1. The van der Waals surface area contributed by atoms with Crippen LogP contribution in [0, 0.1) is 0 Å². The summed E-state index contributed by atoms with van der Waals surface area (Å²) in [5, 5.41) is 14.6. The van der Waals surface area contributed by atoms with E-state index in [1.165, 1.54) is 44.6 Å².